The Morgan fingerprint density at radius 1 is 1.03 bits per heavy atom. The molecular weight excluding hydrogens is 458 g/mol. The Bertz CT molecular complexity index is 1020. The lowest BCUT2D eigenvalue weighted by Gasteiger charge is -2.58. The van der Waals surface area contributed by atoms with Crippen molar-refractivity contribution in [3.8, 4) is 0 Å². The number of benzene rings is 2. The van der Waals surface area contributed by atoms with Crippen LogP contribution in [0.25, 0.3) is 0 Å². The summed E-state index contributed by atoms with van der Waals surface area (Å²) in [5, 5.41) is 10.1. The largest absolute Gasteiger partial charge is 0.465 e. The lowest BCUT2D eigenvalue weighted by atomic mass is 9.59. The van der Waals surface area contributed by atoms with Gasteiger partial charge in [0.25, 0.3) is 0 Å². The SMILES string of the molecule is CC(C)c1ccccc1[C@H]1CN(Cc2ccc(Cl)cc2)CCN1C1CC2(CCN(C(=O)O)CC2)C1. The van der Waals surface area contributed by atoms with Gasteiger partial charge in [-0.15, -0.1) is 0 Å². The summed E-state index contributed by atoms with van der Waals surface area (Å²) in [6.07, 6.45) is 3.67. The van der Waals surface area contributed by atoms with Crippen molar-refractivity contribution in [2.75, 3.05) is 32.7 Å². The average molecular weight is 496 g/mol. The smallest absolute Gasteiger partial charge is 0.407 e. The summed E-state index contributed by atoms with van der Waals surface area (Å²) >= 11 is 6.11. The average Bonchev–Trinajstić information content (AvgIpc) is 2.84. The van der Waals surface area contributed by atoms with E-state index in [0.717, 1.165) is 44.0 Å². The van der Waals surface area contributed by atoms with Gasteiger partial charge in [0.05, 0.1) is 0 Å². The molecule has 5 rings (SSSR count). The number of piperidine rings is 1. The number of amides is 1. The van der Waals surface area contributed by atoms with Crippen molar-refractivity contribution in [1.29, 1.82) is 0 Å². The first-order valence-corrected chi connectivity index (χ1v) is 13.5. The van der Waals surface area contributed by atoms with E-state index in [0.29, 0.717) is 36.5 Å². The summed E-state index contributed by atoms with van der Waals surface area (Å²) in [6.45, 7) is 10.1. The number of likely N-dealkylation sites (tertiary alicyclic amines) is 1. The molecule has 0 bridgehead atoms. The molecule has 6 heteroatoms. The van der Waals surface area contributed by atoms with Crippen LogP contribution in [0.15, 0.2) is 48.5 Å². The molecule has 1 N–H and O–H groups in total. The second kappa shape index (κ2) is 10.1. The monoisotopic (exact) mass is 495 g/mol. The molecule has 2 aliphatic heterocycles. The quantitative estimate of drug-likeness (QED) is 0.533. The van der Waals surface area contributed by atoms with Gasteiger partial charge in [-0.3, -0.25) is 9.80 Å². The number of rotatable bonds is 5. The Morgan fingerprint density at radius 3 is 2.37 bits per heavy atom. The molecule has 0 radical (unpaired) electrons. The van der Waals surface area contributed by atoms with Crippen molar-refractivity contribution in [2.45, 2.75) is 64.1 Å². The molecule has 1 spiro atoms. The number of halogens is 1. The summed E-state index contributed by atoms with van der Waals surface area (Å²) in [5.74, 6) is 0.493. The summed E-state index contributed by atoms with van der Waals surface area (Å²) in [7, 11) is 0. The third-order valence-electron chi connectivity index (χ3n) is 8.70. The van der Waals surface area contributed by atoms with E-state index in [1.807, 2.05) is 12.1 Å². The highest BCUT2D eigenvalue weighted by atomic mass is 35.5. The Hall–Kier alpha value is -2.08. The van der Waals surface area contributed by atoms with Gasteiger partial charge < -0.3 is 10.0 Å². The first-order chi connectivity index (χ1) is 16.8. The van der Waals surface area contributed by atoms with Crippen LogP contribution < -0.4 is 0 Å². The number of piperazine rings is 1. The van der Waals surface area contributed by atoms with Crippen LogP contribution in [0, 0.1) is 5.41 Å². The van der Waals surface area contributed by atoms with Crippen molar-refractivity contribution >= 4 is 17.7 Å². The predicted molar refractivity (Wildman–Crippen MR) is 141 cm³/mol. The van der Waals surface area contributed by atoms with Gasteiger partial charge in [-0.2, -0.15) is 0 Å². The Balaban J connectivity index is 1.33. The highest BCUT2D eigenvalue weighted by Gasteiger charge is 2.50. The lowest BCUT2D eigenvalue weighted by molar-refractivity contribution is -0.0749. The molecule has 1 amide bonds. The number of carbonyl (C=O) groups is 1. The minimum Gasteiger partial charge on any atom is -0.465 e. The first-order valence-electron chi connectivity index (χ1n) is 13.1. The fraction of sp³-hybridized carbons (Fsp3) is 0.552. The van der Waals surface area contributed by atoms with Crippen molar-refractivity contribution in [3.05, 3.63) is 70.2 Å². The van der Waals surface area contributed by atoms with Crippen LogP contribution in [0.2, 0.25) is 5.02 Å². The van der Waals surface area contributed by atoms with E-state index in [-0.39, 0.29) is 0 Å². The first kappa shape index (κ1) is 24.6. The zero-order chi connectivity index (χ0) is 24.6. The molecule has 3 aliphatic rings. The van der Waals surface area contributed by atoms with Crippen LogP contribution in [0.3, 0.4) is 0 Å². The van der Waals surface area contributed by atoms with Crippen LogP contribution in [-0.4, -0.2) is 64.7 Å². The molecule has 2 saturated heterocycles. The molecule has 35 heavy (non-hydrogen) atoms. The van der Waals surface area contributed by atoms with Gasteiger partial charge in [-0.05, 0) is 65.8 Å². The Morgan fingerprint density at radius 2 is 1.71 bits per heavy atom. The third kappa shape index (κ3) is 5.23. The fourth-order valence-electron chi connectivity index (χ4n) is 6.65. The van der Waals surface area contributed by atoms with E-state index in [9.17, 15) is 9.90 Å². The highest BCUT2D eigenvalue weighted by Crippen LogP contribution is 2.53. The van der Waals surface area contributed by atoms with E-state index in [1.165, 1.54) is 29.5 Å². The molecule has 2 aromatic carbocycles. The van der Waals surface area contributed by atoms with Crippen molar-refractivity contribution in [3.63, 3.8) is 0 Å². The normalized spacial score (nSPS) is 23.5. The minimum atomic E-state index is -0.766. The van der Waals surface area contributed by atoms with Crippen molar-refractivity contribution < 1.29 is 9.90 Å². The van der Waals surface area contributed by atoms with Crippen LogP contribution >= 0.6 is 11.6 Å². The number of hydrogen-bond donors (Lipinski definition) is 1. The molecule has 0 aromatic heterocycles. The summed E-state index contributed by atoms with van der Waals surface area (Å²) in [4.78, 5) is 18.3. The molecule has 1 aliphatic carbocycles. The molecule has 0 unspecified atom stereocenters. The van der Waals surface area contributed by atoms with Gasteiger partial charge in [0.15, 0.2) is 0 Å². The van der Waals surface area contributed by atoms with E-state index in [2.05, 4.69) is 60.0 Å². The Kier molecular flexibility index (Phi) is 7.11. The van der Waals surface area contributed by atoms with Crippen LogP contribution in [0.5, 0.6) is 0 Å². The highest BCUT2D eigenvalue weighted by molar-refractivity contribution is 6.30. The fourth-order valence-corrected chi connectivity index (χ4v) is 6.78. The maximum Gasteiger partial charge on any atom is 0.407 e. The molecule has 188 valence electrons. The second-order valence-electron chi connectivity index (χ2n) is 11.2. The van der Waals surface area contributed by atoms with E-state index in [4.69, 9.17) is 11.6 Å². The van der Waals surface area contributed by atoms with Gasteiger partial charge in [-0.25, -0.2) is 4.79 Å². The maximum atomic E-state index is 11.4. The topological polar surface area (TPSA) is 47.0 Å². The summed E-state index contributed by atoms with van der Waals surface area (Å²) in [6, 6.07) is 18.3. The summed E-state index contributed by atoms with van der Waals surface area (Å²) < 4.78 is 0. The number of hydrogen-bond acceptors (Lipinski definition) is 3. The van der Waals surface area contributed by atoms with Gasteiger partial charge in [-0.1, -0.05) is 61.8 Å². The maximum absolute atomic E-state index is 11.4. The van der Waals surface area contributed by atoms with Gasteiger partial charge in [0.2, 0.25) is 0 Å². The van der Waals surface area contributed by atoms with Crippen LogP contribution in [0.4, 0.5) is 4.79 Å². The molecule has 1 atom stereocenters. The molecule has 2 aromatic rings. The third-order valence-corrected chi connectivity index (χ3v) is 8.96. The minimum absolute atomic E-state index is 0.346. The standard InChI is InChI=1S/C29H38ClN3O2/c1-21(2)25-5-3-4-6-26(25)27-20-31(19-22-7-9-23(30)10-8-22)15-16-33(27)24-17-29(18-24)11-13-32(14-12-29)28(34)35/h3-10,21,24,27H,11-20H2,1-2H3,(H,34,35)/t27-/m1/s1. The van der Waals surface area contributed by atoms with Crippen LogP contribution in [-0.2, 0) is 6.54 Å². The number of carboxylic acid groups (broad SMARTS) is 1. The molecule has 3 fully saturated rings. The van der Waals surface area contributed by atoms with E-state index >= 15 is 0 Å². The van der Waals surface area contributed by atoms with E-state index < -0.39 is 6.09 Å². The van der Waals surface area contributed by atoms with E-state index in [1.54, 1.807) is 4.90 Å². The van der Waals surface area contributed by atoms with Crippen molar-refractivity contribution in [2.24, 2.45) is 5.41 Å². The molecule has 2 heterocycles. The summed E-state index contributed by atoms with van der Waals surface area (Å²) in [5.41, 5.74) is 4.59. The van der Waals surface area contributed by atoms with Gasteiger partial charge >= 0.3 is 6.09 Å². The van der Waals surface area contributed by atoms with Crippen LogP contribution in [0.1, 0.15) is 68.2 Å². The Labute approximate surface area is 214 Å². The lowest BCUT2D eigenvalue weighted by Crippen LogP contribution is -2.60. The second-order valence-corrected chi connectivity index (χ2v) is 11.7. The molecule has 5 nitrogen and oxygen atoms in total. The predicted octanol–water partition coefficient (Wildman–Crippen LogP) is 6.24. The van der Waals surface area contributed by atoms with Gasteiger partial charge in [0.1, 0.15) is 0 Å². The zero-order valence-electron chi connectivity index (χ0n) is 21.0. The zero-order valence-corrected chi connectivity index (χ0v) is 21.8. The number of nitrogens with zero attached hydrogens (tertiary/aromatic N) is 3. The molecular formula is C29H38ClN3O2. The molecule has 1 saturated carbocycles. The van der Waals surface area contributed by atoms with Gasteiger partial charge in [0, 0.05) is 56.4 Å². The van der Waals surface area contributed by atoms with Crippen molar-refractivity contribution in [1.82, 2.24) is 14.7 Å².